The summed E-state index contributed by atoms with van der Waals surface area (Å²) < 4.78 is 45.0. The first kappa shape index (κ1) is 18.2. The fraction of sp³-hybridized carbons (Fsp3) is 0.333. The van der Waals surface area contributed by atoms with Crippen LogP contribution in [0.2, 0.25) is 0 Å². The molecule has 0 bridgehead atoms. The molecule has 0 aliphatic carbocycles. The van der Waals surface area contributed by atoms with Gasteiger partial charge in [-0.2, -0.15) is 18.3 Å². The molecule has 1 aromatic carbocycles. The maximum Gasteiger partial charge on any atom is 0.416 e. The van der Waals surface area contributed by atoms with Gasteiger partial charge in [0.15, 0.2) is 5.89 Å². The van der Waals surface area contributed by atoms with Crippen molar-refractivity contribution in [3.8, 4) is 5.69 Å². The van der Waals surface area contributed by atoms with Crippen molar-refractivity contribution >= 4 is 0 Å². The lowest BCUT2D eigenvalue weighted by Gasteiger charge is -2.07. The van der Waals surface area contributed by atoms with Gasteiger partial charge in [-0.25, -0.2) is 9.67 Å². The lowest BCUT2D eigenvalue weighted by atomic mass is 10.2. The number of oxazole rings is 1. The van der Waals surface area contributed by atoms with Crippen molar-refractivity contribution in [3.05, 3.63) is 65.1 Å². The Morgan fingerprint density at radius 2 is 1.88 bits per heavy atom. The zero-order valence-corrected chi connectivity index (χ0v) is 14.5. The van der Waals surface area contributed by atoms with E-state index in [2.05, 4.69) is 15.4 Å². The van der Waals surface area contributed by atoms with Crippen molar-refractivity contribution in [2.24, 2.45) is 0 Å². The Hall–Kier alpha value is -2.61. The Labute approximate surface area is 148 Å². The van der Waals surface area contributed by atoms with Gasteiger partial charge in [0.05, 0.1) is 29.7 Å². The molecule has 5 nitrogen and oxygen atoms in total. The van der Waals surface area contributed by atoms with Gasteiger partial charge in [0.1, 0.15) is 5.76 Å². The van der Waals surface area contributed by atoms with Gasteiger partial charge in [-0.15, -0.1) is 0 Å². The van der Waals surface area contributed by atoms with Crippen LogP contribution in [0.1, 0.15) is 35.4 Å². The molecule has 0 fully saturated rings. The molecule has 0 saturated carbocycles. The minimum atomic E-state index is -4.34. The SMILES string of the molecule is CCc1nc(C)c(CNCc2cnn(-c3ccc(C(F)(F)F)cc3)c2)o1. The van der Waals surface area contributed by atoms with Crippen molar-refractivity contribution in [2.45, 2.75) is 39.5 Å². The number of aromatic nitrogens is 3. The highest BCUT2D eigenvalue weighted by Gasteiger charge is 2.30. The van der Waals surface area contributed by atoms with E-state index in [1.165, 1.54) is 12.1 Å². The van der Waals surface area contributed by atoms with Crippen LogP contribution in [0.15, 0.2) is 41.1 Å². The molecule has 0 aliphatic heterocycles. The van der Waals surface area contributed by atoms with Gasteiger partial charge in [0.2, 0.25) is 0 Å². The largest absolute Gasteiger partial charge is 0.444 e. The lowest BCUT2D eigenvalue weighted by molar-refractivity contribution is -0.137. The molecular formula is C18H19F3N4O. The number of nitrogens with one attached hydrogen (secondary N) is 1. The Morgan fingerprint density at radius 1 is 1.15 bits per heavy atom. The molecule has 138 valence electrons. The minimum absolute atomic E-state index is 0.546. The van der Waals surface area contributed by atoms with Crippen LogP contribution in [-0.4, -0.2) is 14.8 Å². The predicted molar refractivity (Wildman–Crippen MR) is 89.7 cm³/mol. The number of hydrogen-bond acceptors (Lipinski definition) is 4. The van der Waals surface area contributed by atoms with E-state index in [0.717, 1.165) is 41.5 Å². The minimum Gasteiger partial charge on any atom is -0.444 e. The predicted octanol–water partition coefficient (Wildman–Crippen LogP) is 4.04. The molecule has 0 amide bonds. The number of aryl methyl sites for hydroxylation is 2. The van der Waals surface area contributed by atoms with Crippen LogP contribution in [0.5, 0.6) is 0 Å². The molecule has 3 rings (SSSR count). The number of alkyl halides is 3. The van der Waals surface area contributed by atoms with E-state index in [0.29, 0.717) is 18.8 Å². The zero-order valence-electron chi connectivity index (χ0n) is 14.5. The van der Waals surface area contributed by atoms with Gasteiger partial charge in [-0.1, -0.05) is 6.92 Å². The molecule has 2 heterocycles. The maximum atomic E-state index is 12.6. The Balaban J connectivity index is 1.60. The Morgan fingerprint density at radius 3 is 2.50 bits per heavy atom. The molecule has 3 aromatic rings. The van der Waals surface area contributed by atoms with Crippen LogP contribution in [0.4, 0.5) is 13.2 Å². The van der Waals surface area contributed by atoms with Crippen molar-refractivity contribution in [2.75, 3.05) is 0 Å². The summed E-state index contributed by atoms with van der Waals surface area (Å²) in [5.74, 6) is 1.52. The standard InChI is InChI=1S/C18H19F3N4O/c1-3-17-24-12(2)16(26-17)10-22-8-13-9-23-25(11-13)15-6-4-14(5-7-15)18(19,20)21/h4-7,9,11,22H,3,8,10H2,1-2H3. The number of benzene rings is 1. The van der Waals surface area contributed by atoms with Gasteiger partial charge in [-0.05, 0) is 31.2 Å². The van der Waals surface area contributed by atoms with E-state index in [9.17, 15) is 13.2 Å². The van der Waals surface area contributed by atoms with E-state index in [1.807, 2.05) is 13.8 Å². The second-order valence-electron chi connectivity index (χ2n) is 5.91. The molecular weight excluding hydrogens is 345 g/mol. The van der Waals surface area contributed by atoms with Gasteiger partial charge in [0, 0.05) is 24.7 Å². The summed E-state index contributed by atoms with van der Waals surface area (Å²) in [5.41, 5.74) is 1.68. The first-order chi connectivity index (χ1) is 12.4. The summed E-state index contributed by atoms with van der Waals surface area (Å²) >= 11 is 0. The normalized spacial score (nSPS) is 11.9. The molecule has 0 unspecified atom stereocenters. The van der Waals surface area contributed by atoms with E-state index in [4.69, 9.17) is 4.42 Å². The van der Waals surface area contributed by atoms with Crippen molar-refractivity contribution in [1.29, 1.82) is 0 Å². The summed E-state index contributed by atoms with van der Waals surface area (Å²) in [4.78, 5) is 4.32. The van der Waals surface area contributed by atoms with Gasteiger partial charge < -0.3 is 9.73 Å². The molecule has 0 spiro atoms. The topological polar surface area (TPSA) is 55.9 Å². The highest BCUT2D eigenvalue weighted by atomic mass is 19.4. The molecule has 8 heteroatoms. The van der Waals surface area contributed by atoms with Crippen LogP contribution >= 0.6 is 0 Å². The van der Waals surface area contributed by atoms with E-state index in [1.54, 1.807) is 17.1 Å². The van der Waals surface area contributed by atoms with Crippen LogP contribution in [-0.2, 0) is 25.7 Å². The summed E-state index contributed by atoms with van der Waals surface area (Å²) in [6.07, 6.45) is -0.134. The van der Waals surface area contributed by atoms with Gasteiger partial charge in [-0.3, -0.25) is 0 Å². The van der Waals surface area contributed by atoms with Crippen LogP contribution in [0.25, 0.3) is 5.69 Å². The van der Waals surface area contributed by atoms with E-state index >= 15 is 0 Å². The van der Waals surface area contributed by atoms with Crippen LogP contribution in [0, 0.1) is 6.92 Å². The third-order valence-corrected chi connectivity index (χ3v) is 3.95. The average molecular weight is 364 g/mol. The summed E-state index contributed by atoms with van der Waals surface area (Å²) in [5, 5.41) is 7.45. The molecule has 1 N–H and O–H groups in total. The van der Waals surface area contributed by atoms with Crippen LogP contribution in [0.3, 0.4) is 0 Å². The second kappa shape index (κ2) is 7.33. The van der Waals surface area contributed by atoms with Crippen LogP contribution < -0.4 is 5.32 Å². The van der Waals surface area contributed by atoms with E-state index < -0.39 is 11.7 Å². The summed E-state index contributed by atoms with van der Waals surface area (Å²) in [7, 11) is 0. The second-order valence-corrected chi connectivity index (χ2v) is 5.91. The van der Waals surface area contributed by atoms with Gasteiger partial charge in [0.25, 0.3) is 0 Å². The zero-order chi connectivity index (χ0) is 18.7. The highest BCUT2D eigenvalue weighted by molar-refractivity contribution is 5.35. The molecule has 0 atom stereocenters. The van der Waals surface area contributed by atoms with Gasteiger partial charge >= 0.3 is 6.18 Å². The average Bonchev–Trinajstić information content (AvgIpc) is 3.21. The Bertz CT molecular complexity index is 865. The number of halogens is 3. The first-order valence-electron chi connectivity index (χ1n) is 8.24. The quantitative estimate of drug-likeness (QED) is 0.717. The fourth-order valence-electron chi connectivity index (χ4n) is 2.52. The number of nitrogens with zero attached hydrogens (tertiary/aromatic N) is 3. The smallest absolute Gasteiger partial charge is 0.416 e. The molecule has 0 radical (unpaired) electrons. The molecule has 26 heavy (non-hydrogen) atoms. The fourth-order valence-corrected chi connectivity index (χ4v) is 2.52. The summed E-state index contributed by atoms with van der Waals surface area (Å²) in [6.45, 7) is 4.99. The monoisotopic (exact) mass is 364 g/mol. The highest BCUT2D eigenvalue weighted by Crippen LogP contribution is 2.29. The lowest BCUT2D eigenvalue weighted by Crippen LogP contribution is -2.12. The maximum absolute atomic E-state index is 12.6. The molecule has 0 saturated heterocycles. The van der Waals surface area contributed by atoms with Crippen molar-refractivity contribution < 1.29 is 17.6 Å². The van der Waals surface area contributed by atoms with Crippen molar-refractivity contribution in [1.82, 2.24) is 20.1 Å². The Kier molecular flexibility index (Phi) is 5.13. The number of rotatable bonds is 6. The first-order valence-corrected chi connectivity index (χ1v) is 8.24. The third-order valence-electron chi connectivity index (χ3n) is 3.95. The van der Waals surface area contributed by atoms with E-state index in [-0.39, 0.29) is 0 Å². The summed E-state index contributed by atoms with van der Waals surface area (Å²) in [6, 6.07) is 4.90. The third kappa shape index (κ3) is 4.13. The number of hydrogen-bond donors (Lipinski definition) is 1. The van der Waals surface area contributed by atoms with Crippen molar-refractivity contribution in [3.63, 3.8) is 0 Å². The molecule has 2 aromatic heterocycles. The molecule has 0 aliphatic rings.